The van der Waals surface area contributed by atoms with Gasteiger partial charge in [-0.15, -0.1) is 0 Å². The average molecular weight is 129 g/mol. The van der Waals surface area contributed by atoms with Crippen molar-refractivity contribution in [2.45, 2.75) is 39.5 Å². The summed E-state index contributed by atoms with van der Waals surface area (Å²) in [6.07, 6.45) is 4.60. The molecule has 0 fully saturated rings. The summed E-state index contributed by atoms with van der Waals surface area (Å²) in [6, 6.07) is 0. The first-order valence-corrected chi connectivity index (χ1v) is 3.82. The molecule has 0 heterocycles. The van der Waals surface area contributed by atoms with Crippen molar-refractivity contribution in [2.24, 2.45) is 5.92 Å². The van der Waals surface area contributed by atoms with Crippen LogP contribution in [0.3, 0.4) is 0 Å². The zero-order valence-corrected chi connectivity index (χ0v) is 6.43. The Labute approximate surface area is 58.1 Å². The van der Waals surface area contributed by atoms with Crippen molar-refractivity contribution in [1.82, 2.24) is 0 Å². The summed E-state index contributed by atoms with van der Waals surface area (Å²) in [5.41, 5.74) is 0. The van der Waals surface area contributed by atoms with Crippen LogP contribution in [0.1, 0.15) is 39.5 Å². The Morgan fingerprint density at radius 2 is 1.67 bits per heavy atom. The van der Waals surface area contributed by atoms with Crippen LogP contribution in [0.5, 0.6) is 0 Å². The molecule has 0 aromatic heterocycles. The molecule has 0 atom stereocenters. The molecule has 9 heavy (non-hydrogen) atoms. The van der Waals surface area contributed by atoms with Crippen molar-refractivity contribution in [2.75, 3.05) is 0 Å². The topological polar surface area (TPSA) is 20.2 Å². The van der Waals surface area contributed by atoms with E-state index >= 15 is 0 Å². The van der Waals surface area contributed by atoms with Crippen molar-refractivity contribution in [3.63, 3.8) is 0 Å². The monoisotopic (exact) mass is 129 g/mol. The van der Waals surface area contributed by atoms with Gasteiger partial charge in [0, 0.05) is 0 Å². The maximum atomic E-state index is 8.66. The molecule has 1 heteroatoms. The van der Waals surface area contributed by atoms with E-state index in [1.54, 1.807) is 0 Å². The fourth-order valence-corrected chi connectivity index (χ4v) is 1.03. The maximum absolute atomic E-state index is 8.66. The fourth-order valence-electron chi connectivity index (χ4n) is 1.03. The Hall–Kier alpha value is -0.0400. The minimum atomic E-state index is 0.444. The lowest BCUT2D eigenvalue weighted by atomic mass is 10.00. The maximum Gasteiger partial charge on any atom is 0.0829 e. The van der Waals surface area contributed by atoms with Crippen molar-refractivity contribution >= 4 is 0 Å². The second-order valence-electron chi connectivity index (χ2n) is 2.49. The number of hydrogen-bond donors (Lipinski definition) is 1. The highest BCUT2D eigenvalue weighted by atomic mass is 16.3. The minimum Gasteiger partial charge on any atom is -0.390 e. The van der Waals surface area contributed by atoms with Gasteiger partial charge in [0.25, 0.3) is 0 Å². The second-order valence-corrected chi connectivity index (χ2v) is 2.49. The highest BCUT2D eigenvalue weighted by molar-refractivity contribution is 4.64. The molecule has 0 aliphatic heterocycles. The molecular formula is C8H17O. The summed E-state index contributed by atoms with van der Waals surface area (Å²) in [5, 5.41) is 8.66. The molecule has 0 rings (SSSR count). The van der Waals surface area contributed by atoms with Crippen molar-refractivity contribution in [3.8, 4) is 0 Å². The van der Waals surface area contributed by atoms with E-state index in [0.717, 1.165) is 12.8 Å². The molecule has 0 amide bonds. The SMILES string of the molecule is CCCC([CH]O)CCC. The first-order chi connectivity index (χ1) is 4.35. The van der Waals surface area contributed by atoms with Gasteiger partial charge in [0.2, 0.25) is 0 Å². The van der Waals surface area contributed by atoms with Crippen LogP contribution in [-0.2, 0) is 0 Å². The van der Waals surface area contributed by atoms with Crippen LogP contribution in [0.25, 0.3) is 0 Å². The van der Waals surface area contributed by atoms with Crippen LogP contribution >= 0.6 is 0 Å². The molecule has 0 bridgehead atoms. The number of aliphatic hydroxyl groups is 1. The molecule has 0 aliphatic carbocycles. The molecular weight excluding hydrogens is 112 g/mol. The fraction of sp³-hybridized carbons (Fsp3) is 0.875. The van der Waals surface area contributed by atoms with Gasteiger partial charge in [-0.1, -0.05) is 26.7 Å². The quantitative estimate of drug-likeness (QED) is 0.605. The summed E-state index contributed by atoms with van der Waals surface area (Å²) in [7, 11) is 0. The molecule has 0 saturated carbocycles. The summed E-state index contributed by atoms with van der Waals surface area (Å²) >= 11 is 0. The Kier molecular flexibility index (Phi) is 6.06. The van der Waals surface area contributed by atoms with E-state index in [-0.39, 0.29) is 0 Å². The Bertz CT molecular complexity index is 46.5. The number of rotatable bonds is 5. The van der Waals surface area contributed by atoms with E-state index in [9.17, 15) is 0 Å². The van der Waals surface area contributed by atoms with Crippen LogP contribution in [0.15, 0.2) is 0 Å². The third-order valence-electron chi connectivity index (χ3n) is 1.53. The van der Waals surface area contributed by atoms with E-state index in [1.165, 1.54) is 19.4 Å². The molecule has 1 nitrogen and oxygen atoms in total. The highest BCUT2D eigenvalue weighted by Crippen LogP contribution is 2.14. The molecule has 55 valence electrons. The molecule has 0 aromatic carbocycles. The van der Waals surface area contributed by atoms with Gasteiger partial charge >= 0.3 is 0 Å². The van der Waals surface area contributed by atoms with E-state index in [0.29, 0.717) is 5.92 Å². The molecule has 0 aliphatic rings. The zero-order chi connectivity index (χ0) is 7.11. The minimum absolute atomic E-state index is 0.444. The zero-order valence-electron chi connectivity index (χ0n) is 6.43. The van der Waals surface area contributed by atoms with Gasteiger partial charge in [-0.2, -0.15) is 0 Å². The second kappa shape index (κ2) is 6.09. The lowest BCUT2D eigenvalue weighted by Crippen LogP contribution is -1.98. The molecule has 0 aromatic rings. The van der Waals surface area contributed by atoms with Crippen LogP contribution < -0.4 is 0 Å². The average Bonchev–Trinajstić information content (AvgIpc) is 1.88. The summed E-state index contributed by atoms with van der Waals surface area (Å²) in [6.45, 7) is 5.63. The van der Waals surface area contributed by atoms with Gasteiger partial charge in [-0.05, 0) is 18.8 Å². The van der Waals surface area contributed by atoms with Crippen molar-refractivity contribution in [1.29, 1.82) is 0 Å². The number of aliphatic hydroxyl groups excluding tert-OH is 1. The largest absolute Gasteiger partial charge is 0.390 e. The normalized spacial score (nSPS) is 10.7. The smallest absolute Gasteiger partial charge is 0.0829 e. The van der Waals surface area contributed by atoms with Gasteiger partial charge in [-0.25, -0.2) is 0 Å². The van der Waals surface area contributed by atoms with E-state index < -0.39 is 0 Å². The van der Waals surface area contributed by atoms with Crippen LogP contribution in [0, 0.1) is 12.5 Å². The van der Waals surface area contributed by atoms with Gasteiger partial charge < -0.3 is 5.11 Å². The van der Waals surface area contributed by atoms with Gasteiger partial charge in [0.15, 0.2) is 0 Å². The Morgan fingerprint density at radius 3 is 1.89 bits per heavy atom. The standard InChI is InChI=1S/C8H17O/c1-3-5-8(7-9)6-4-2/h7-9H,3-6H2,1-2H3. The van der Waals surface area contributed by atoms with E-state index in [2.05, 4.69) is 13.8 Å². The number of hydrogen-bond acceptors (Lipinski definition) is 1. The lowest BCUT2D eigenvalue weighted by molar-refractivity contribution is 0.291. The van der Waals surface area contributed by atoms with E-state index in [4.69, 9.17) is 5.11 Å². The predicted octanol–water partition coefficient (Wildman–Crippen LogP) is 2.74. The third kappa shape index (κ3) is 4.46. The van der Waals surface area contributed by atoms with E-state index in [1.807, 2.05) is 0 Å². The molecule has 0 spiro atoms. The predicted molar refractivity (Wildman–Crippen MR) is 39.5 cm³/mol. The molecule has 0 saturated heterocycles. The van der Waals surface area contributed by atoms with Gasteiger partial charge in [0.05, 0.1) is 6.61 Å². The summed E-state index contributed by atoms with van der Waals surface area (Å²) in [5.74, 6) is 0.444. The lowest BCUT2D eigenvalue weighted by Gasteiger charge is -2.09. The third-order valence-corrected chi connectivity index (χ3v) is 1.53. The van der Waals surface area contributed by atoms with Crippen molar-refractivity contribution in [3.05, 3.63) is 6.61 Å². The van der Waals surface area contributed by atoms with Crippen LogP contribution in [-0.4, -0.2) is 5.11 Å². The Balaban J connectivity index is 3.18. The first kappa shape index (κ1) is 8.96. The van der Waals surface area contributed by atoms with Crippen LogP contribution in [0.2, 0.25) is 0 Å². The van der Waals surface area contributed by atoms with Gasteiger partial charge in [-0.3, -0.25) is 0 Å². The van der Waals surface area contributed by atoms with Gasteiger partial charge in [0.1, 0.15) is 0 Å². The van der Waals surface area contributed by atoms with Crippen LogP contribution in [0.4, 0.5) is 0 Å². The molecule has 0 unspecified atom stereocenters. The summed E-state index contributed by atoms with van der Waals surface area (Å²) < 4.78 is 0. The van der Waals surface area contributed by atoms with Crippen molar-refractivity contribution < 1.29 is 5.11 Å². The first-order valence-electron chi connectivity index (χ1n) is 3.82. The Morgan fingerprint density at radius 1 is 1.22 bits per heavy atom. The molecule has 1 radical (unpaired) electrons. The highest BCUT2D eigenvalue weighted by Gasteiger charge is 2.03. The molecule has 1 N–H and O–H groups in total. The summed E-state index contributed by atoms with van der Waals surface area (Å²) in [4.78, 5) is 0.